The van der Waals surface area contributed by atoms with E-state index in [2.05, 4.69) is 11.6 Å². The Kier molecular flexibility index (Phi) is 6.75. The first-order chi connectivity index (χ1) is 5.35. The lowest BCUT2D eigenvalue weighted by atomic mass is 10.4. The largest absolute Gasteiger partial charge is 0.257 e. The molecule has 0 saturated carbocycles. The number of aromatic nitrogens is 1. The van der Waals surface area contributed by atoms with E-state index in [4.69, 9.17) is 11.6 Å². The van der Waals surface area contributed by atoms with Crippen LogP contribution >= 0.6 is 11.6 Å². The maximum Gasteiger partial charge on any atom is 0.0623 e. The lowest BCUT2D eigenvalue weighted by molar-refractivity contribution is 1.30. The Hall–Kier alpha value is -0.820. The monoisotopic (exact) mass is 169 g/mol. The minimum absolute atomic E-state index is 0.722. The summed E-state index contributed by atoms with van der Waals surface area (Å²) >= 11 is 5.00. The van der Waals surface area contributed by atoms with Crippen molar-refractivity contribution >= 4 is 17.7 Å². The van der Waals surface area contributed by atoms with Gasteiger partial charge in [-0.1, -0.05) is 19.6 Å². The highest BCUT2D eigenvalue weighted by atomic mass is 35.5. The maximum atomic E-state index is 5.00. The first-order valence-electron chi connectivity index (χ1n) is 3.44. The normalized spacial score (nSPS) is 7.82. The molecular formula is C9H12ClN. The van der Waals surface area contributed by atoms with Crippen LogP contribution in [0.2, 0.25) is 0 Å². The number of rotatable bonds is 1. The summed E-state index contributed by atoms with van der Waals surface area (Å²) in [7, 11) is 0. The molecule has 1 aromatic rings. The SMILES string of the molecule is C=Cc1ccccn1.CCCl. The zero-order valence-corrected chi connectivity index (χ0v) is 7.38. The number of pyridine rings is 1. The van der Waals surface area contributed by atoms with Crippen molar-refractivity contribution in [2.45, 2.75) is 6.92 Å². The predicted molar refractivity (Wildman–Crippen MR) is 50.7 cm³/mol. The lowest BCUT2D eigenvalue weighted by Crippen LogP contribution is -1.73. The van der Waals surface area contributed by atoms with Crippen LogP contribution in [0, 0.1) is 0 Å². The summed E-state index contributed by atoms with van der Waals surface area (Å²) in [4.78, 5) is 3.98. The van der Waals surface area contributed by atoms with E-state index in [0.29, 0.717) is 0 Å². The lowest BCUT2D eigenvalue weighted by Gasteiger charge is -1.84. The summed E-state index contributed by atoms with van der Waals surface area (Å²) in [6, 6.07) is 5.73. The molecule has 0 bridgehead atoms. The van der Waals surface area contributed by atoms with Crippen molar-refractivity contribution in [3.05, 3.63) is 36.7 Å². The molecule has 1 rings (SSSR count). The van der Waals surface area contributed by atoms with Gasteiger partial charge in [-0.3, -0.25) is 4.98 Å². The van der Waals surface area contributed by atoms with Crippen LogP contribution in [0.4, 0.5) is 0 Å². The zero-order chi connectivity index (χ0) is 8.53. The van der Waals surface area contributed by atoms with E-state index in [0.717, 1.165) is 11.6 Å². The number of hydrogen-bond acceptors (Lipinski definition) is 1. The van der Waals surface area contributed by atoms with Crippen molar-refractivity contribution in [1.29, 1.82) is 0 Å². The molecule has 0 saturated heterocycles. The third-order valence-corrected chi connectivity index (χ3v) is 0.897. The van der Waals surface area contributed by atoms with Crippen molar-refractivity contribution in [2.24, 2.45) is 0 Å². The van der Waals surface area contributed by atoms with E-state index >= 15 is 0 Å². The summed E-state index contributed by atoms with van der Waals surface area (Å²) in [6.45, 7) is 5.46. The van der Waals surface area contributed by atoms with Crippen LogP contribution in [-0.4, -0.2) is 10.9 Å². The Labute approximate surface area is 72.7 Å². The maximum absolute atomic E-state index is 5.00. The number of nitrogens with zero attached hydrogens (tertiary/aromatic N) is 1. The van der Waals surface area contributed by atoms with Crippen LogP contribution in [0.25, 0.3) is 6.08 Å². The van der Waals surface area contributed by atoms with Gasteiger partial charge in [0.15, 0.2) is 0 Å². The first kappa shape index (κ1) is 10.2. The number of hydrogen-bond donors (Lipinski definition) is 0. The molecule has 0 aliphatic carbocycles. The fourth-order valence-corrected chi connectivity index (χ4v) is 0.497. The van der Waals surface area contributed by atoms with Crippen LogP contribution in [0.3, 0.4) is 0 Å². The Morgan fingerprint density at radius 1 is 1.64 bits per heavy atom. The van der Waals surface area contributed by atoms with Crippen LogP contribution in [0.1, 0.15) is 12.6 Å². The molecule has 0 aliphatic rings. The van der Waals surface area contributed by atoms with Gasteiger partial charge >= 0.3 is 0 Å². The molecule has 60 valence electrons. The summed E-state index contributed by atoms with van der Waals surface area (Å²) in [5.41, 5.74) is 0.924. The van der Waals surface area contributed by atoms with Crippen LogP contribution in [0.5, 0.6) is 0 Å². The molecule has 0 amide bonds. The smallest absolute Gasteiger partial charge is 0.0623 e. The Morgan fingerprint density at radius 3 is 2.55 bits per heavy atom. The van der Waals surface area contributed by atoms with E-state index in [1.807, 2.05) is 25.1 Å². The molecule has 0 radical (unpaired) electrons. The van der Waals surface area contributed by atoms with Crippen LogP contribution in [0.15, 0.2) is 31.0 Å². The standard InChI is InChI=1S/C7H7N.C2H5Cl/c1-2-7-5-3-4-6-8-7;1-2-3/h2-6H,1H2;2H2,1H3. The average Bonchev–Trinajstić information content (AvgIpc) is 2.08. The van der Waals surface area contributed by atoms with Crippen molar-refractivity contribution < 1.29 is 0 Å². The fourth-order valence-electron chi connectivity index (χ4n) is 0.497. The third-order valence-electron chi connectivity index (χ3n) is 0.897. The van der Waals surface area contributed by atoms with Crippen LogP contribution < -0.4 is 0 Å². The number of alkyl halides is 1. The Bertz CT molecular complexity index is 184. The minimum Gasteiger partial charge on any atom is -0.257 e. The second-order valence-corrected chi connectivity index (χ2v) is 2.26. The highest BCUT2D eigenvalue weighted by Gasteiger charge is 1.77. The molecule has 0 spiro atoms. The molecule has 0 fully saturated rings. The van der Waals surface area contributed by atoms with Crippen LogP contribution in [-0.2, 0) is 0 Å². The van der Waals surface area contributed by atoms with E-state index in [-0.39, 0.29) is 0 Å². The molecule has 0 N–H and O–H groups in total. The van der Waals surface area contributed by atoms with E-state index in [1.54, 1.807) is 12.3 Å². The molecule has 2 heteroatoms. The average molecular weight is 170 g/mol. The topological polar surface area (TPSA) is 12.9 Å². The van der Waals surface area contributed by atoms with Crippen molar-refractivity contribution in [3.63, 3.8) is 0 Å². The molecule has 1 nitrogen and oxygen atoms in total. The second kappa shape index (κ2) is 7.29. The molecule has 0 atom stereocenters. The van der Waals surface area contributed by atoms with Gasteiger partial charge in [0.2, 0.25) is 0 Å². The van der Waals surface area contributed by atoms with E-state index in [9.17, 15) is 0 Å². The molecule has 0 aromatic carbocycles. The van der Waals surface area contributed by atoms with Gasteiger partial charge in [-0.05, 0) is 18.2 Å². The predicted octanol–water partition coefficient (Wildman–Crippen LogP) is 2.97. The zero-order valence-electron chi connectivity index (χ0n) is 6.63. The first-order valence-corrected chi connectivity index (χ1v) is 3.98. The molecule has 1 heterocycles. The quantitative estimate of drug-likeness (QED) is 0.589. The summed E-state index contributed by atoms with van der Waals surface area (Å²) in [6.07, 6.45) is 3.47. The summed E-state index contributed by atoms with van der Waals surface area (Å²) < 4.78 is 0. The van der Waals surface area contributed by atoms with Gasteiger partial charge in [-0.25, -0.2) is 0 Å². The fraction of sp³-hybridized carbons (Fsp3) is 0.222. The van der Waals surface area contributed by atoms with Gasteiger partial charge in [0, 0.05) is 12.1 Å². The molecule has 0 aliphatic heterocycles. The summed E-state index contributed by atoms with van der Waals surface area (Å²) in [5, 5.41) is 0. The van der Waals surface area contributed by atoms with Crippen molar-refractivity contribution in [2.75, 3.05) is 5.88 Å². The van der Waals surface area contributed by atoms with Gasteiger partial charge in [0.1, 0.15) is 0 Å². The van der Waals surface area contributed by atoms with Crippen molar-refractivity contribution in [3.8, 4) is 0 Å². The highest BCUT2D eigenvalue weighted by molar-refractivity contribution is 6.17. The van der Waals surface area contributed by atoms with E-state index < -0.39 is 0 Å². The number of halogens is 1. The van der Waals surface area contributed by atoms with Gasteiger partial charge in [0.25, 0.3) is 0 Å². The van der Waals surface area contributed by atoms with Crippen molar-refractivity contribution in [1.82, 2.24) is 4.98 Å². The Morgan fingerprint density at radius 2 is 2.27 bits per heavy atom. The molecule has 0 unspecified atom stereocenters. The van der Waals surface area contributed by atoms with Gasteiger partial charge in [0.05, 0.1) is 5.69 Å². The van der Waals surface area contributed by atoms with Gasteiger partial charge < -0.3 is 0 Å². The minimum atomic E-state index is 0.722. The van der Waals surface area contributed by atoms with Gasteiger partial charge in [-0.2, -0.15) is 0 Å². The Balaban J connectivity index is 0.000000292. The molecular weight excluding hydrogens is 158 g/mol. The van der Waals surface area contributed by atoms with E-state index in [1.165, 1.54) is 0 Å². The molecule has 11 heavy (non-hydrogen) atoms. The second-order valence-electron chi connectivity index (χ2n) is 1.73. The molecule has 1 aromatic heterocycles. The summed E-state index contributed by atoms with van der Waals surface area (Å²) in [5.74, 6) is 0.722. The third kappa shape index (κ3) is 5.62. The van der Waals surface area contributed by atoms with Gasteiger partial charge in [-0.15, -0.1) is 11.6 Å². The highest BCUT2D eigenvalue weighted by Crippen LogP contribution is 1.91.